The Labute approximate surface area is 141 Å². The summed E-state index contributed by atoms with van der Waals surface area (Å²) in [4.78, 5) is 12.7. The van der Waals surface area contributed by atoms with Gasteiger partial charge in [-0.15, -0.1) is 11.8 Å². The molecule has 0 aliphatic rings. The number of unbranched alkanes of at least 4 members (excludes halogenated alkanes) is 2. The van der Waals surface area contributed by atoms with Gasteiger partial charge in [-0.1, -0.05) is 36.8 Å². The monoisotopic (exact) mass is 331 g/mol. The van der Waals surface area contributed by atoms with Crippen LogP contribution in [0.25, 0.3) is 0 Å². The predicted octanol–water partition coefficient (Wildman–Crippen LogP) is 4.87. The summed E-state index contributed by atoms with van der Waals surface area (Å²) < 4.78 is 13.4. The number of carbonyl (C=O) groups excluding carboxylic acids is 1. The summed E-state index contributed by atoms with van der Waals surface area (Å²) >= 11 is 1.53. The minimum atomic E-state index is -0.159. The minimum Gasteiger partial charge on any atom is -0.398 e. The van der Waals surface area contributed by atoms with Gasteiger partial charge in [0.15, 0.2) is 0 Å². The number of nitrogens with two attached hydrogens (primary N) is 1. The Morgan fingerprint density at radius 3 is 2.52 bits per heavy atom. The van der Waals surface area contributed by atoms with Crippen molar-refractivity contribution in [1.29, 1.82) is 0 Å². The van der Waals surface area contributed by atoms with Crippen LogP contribution in [0.15, 0.2) is 53.4 Å². The molecule has 122 valence electrons. The smallest absolute Gasteiger partial charge is 0.137 e. The van der Waals surface area contributed by atoms with Gasteiger partial charge >= 0.3 is 0 Å². The van der Waals surface area contributed by atoms with E-state index in [0.29, 0.717) is 23.4 Å². The summed E-state index contributed by atoms with van der Waals surface area (Å²) in [6.07, 6.45) is 3.84. The Kier molecular flexibility index (Phi) is 7.14. The second-order valence-electron chi connectivity index (χ2n) is 5.50. The van der Waals surface area contributed by atoms with E-state index in [1.807, 2.05) is 30.3 Å². The number of benzene rings is 2. The van der Waals surface area contributed by atoms with E-state index in [0.717, 1.165) is 30.6 Å². The maximum Gasteiger partial charge on any atom is 0.137 e. The molecule has 0 bridgehead atoms. The van der Waals surface area contributed by atoms with Gasteiger partial charge in [-0.3, -0.25) is 4.79 Å². The van der Waals surface area contributed by atoms with Gasteiger partial charge in [0, 0.05) is 23.4 Å². The number of hydrogen-bond acceptors (Lipinski definition) is 3. The largest absolute Gasteiger partial charge is 0.398 e. The normalized spacial score (nSPS) is 10.7. The van der Waals surface area contributed by atoms with Gasteiger partial charge in [-0.2, -0.15) is 0 Å². The highest BCUT2D eigenvalue weighted by molar-refractivity contribution is 7.99. The van der Waals surface area contributed by atoms with Crippen molar-refractivity contribution in [3.63, 3.8) is 0 Å². The average molecular weight is 331 g/mol. The molecule has 2 N–H and O–H groups in total. The highest BCUT2D eigenvalue weighted by Gasteiger charge is 2.06. The zero-order valence-corrected chi connectivity index (χ0v) is 13.9. The van der Waals surface area contributed by atoms with Gasteiger partial charge in [0.1, 0.15) is 11.6 Å². The third kappa shape index (κ3) is 6.06. The topological polar surface area (TPSA) is 43.1 Å². The Hall–Kier alpha value is -1.81. The third-order valence-electron chi connectivity index (χ3n) is 3.64. The zero-order valence-electron chi connectivity index (χ0n) is 13.1. The molecule has 0 heterocycles. The second kappa shape index (κ2) is 9.36. The van der Waals surface area contributed by atoms with Crippen LogP contribution in [-0.2, 0) is 11.2 Å². The highest BCUT2D eigenvalue weighted by Crippen LogP contribution is 2.22. The first-order chi connectivity index (χ1) is 11.2. The van der Waals surface area contributed by atoms with E-state index < -0.39 is 0 Å². The van der Waals surface area contributed by atoms with E-state index in [1.54, 1.807) is 12.1 Å². The Bertz CT molecular complexity index is 645. The molecule has 2 rings (SSSR count). The molecule has 4 heteroatoms. The van der Waals surface area contributed by atoms with Crippen molar-refractivity contribution in [2.24, 2.45) is 0 Å². The van der Waals surface area contributed by atoms with E-state index in [9.17, 15) is 9.18 Å². The Balaban J connectivity index is 1.59. The Morgan fingerprint density at radius 1 is 1.00 bits per heavy atom. The van der Waals surface area contributed by atoms with Crippen LogP contribution in [-0.4, -0.2) is 11.5 Å². The van der Waals surface area contributed by atoms with E-state index >= 15 is 0 Å². The first kappa shape index (κ1) is 17.5. The molecule has 0 aliphatic carbocycles. The van der Waals surface area contributed by atoms with E-state index in [2.05, 4.69) is 0 Å². The third-order valence-corrected chi connectivity index (χ3v) is 4.77. The molecular weight excluding hydrogens is 309 g/mol. The fourth-order valence-electron chi connectivity index (χ4n) is 2.34. The van der Waals surface area contributed by atoms with E-state index in [-0.39, 0.29) is 11.6 Å². The molecule has 0 aromatic heterocycles. The van der Waals surface area contributed by atoms with Crippen LogP contribution < -0.4 is 5.73 Å². The number of thioether (sulfide) groups is 1. The summed E-state index contributed by atoms with van der Waals surface area (Å²) in [5.41, 5.74) is 7.44. The van der Waals surface area contributed by atoms with Crippen LogP contribution in [0.5, 0.6) is 0 Å². The number of anilines is 1. The molecule has 0 amide bonds. The lowest BCUT2D eigenvalue weighted by Gasteiger charge is -2.05. The lowest BCUT2D eigenvalue weighted by molar-refractivity contribution is -0.118. The SMILES string of the molecule is Nc1ccccc1CC(=O)CCCCCSc1ccccc1F. The van der Waals surface area contributed by atoms with Crippen LogP contribution >= 0.6 is 11.8 Å². The number of nitrogen functional groups attached to an aromatic ring is 1. The summed E-state index contributed by atoms with van der Waals surface area (Å²) in [5.74, 6) is 0.943. The van der Waals surface area contributed by atoms with E-state index in [1.165, 1.54) is 17.8 Å². The van der Waals surface area contributed by atoms with Crippen LogP contribution in [0, 0.1) is 5.82 Å². The number of carbonyl (C=O) groups is 1. The first-order valence-corrected chi connectivity index (χ1v) is 8.88. The molecule has 2 aromatic carbocycles. The molecule has 23 heavy (non-hydrogen) atoms. The van der Waals surface area contributed by atoms with E-state index in [4.69, 9.17) is 5.73 Å². The lowest BCUT2D eigenvalue weighted by atomic mass is 10.0. The molecule has 0 atom stereocenters. The number of ketones is 1. The fourth-order valence-corrected chi connectivity index (χ4v) is 3.29. The number of halogens is 1. The molecule has 0 saturated carbocycles. The molecular formula is C19H22FNOS. The van der Waals surface area contributed by atoms with Crippen molar-refractivity contribution >= 4 is 23.2 Å². The maximum absolute atomic E-state index is 13.4. The standard InChI is InChI=1S/C19H22FNOS/c20-17-10-4-6-12-19(17)23-13-7-1-2-9-16(22)14-15-8-3-5-11-18(15)21/h3-6,8,10-12H,1-2,7,9,13-14,21H2. The lowest BCUT2D eigenvalue weighted by Crippen LogP contribution is -2.05. The Morgan fingerprint density at radius 2 is 1.74 bits per heavy atom. The molecule has 0 radical (unpaired) electrons. The number of Topliss-reactive ketones (excluding diaryl/α,β-unsaturated/α-hetero) is 1. The van der Waals surface area contributed by atoms with Crippen molar-refractivity contribution in [3.05, 3.63) is 59.9 Å². The number of rotatable bonds is 9. The van der Waals surface area contributed by atoms with Gasteiger partial charge in [0.2, 0.25) is 0 Å². The molecule has 0 fully saturated rings. The van der Waals surface area contributed by atoms with Crippen LogP contribution in [0.4, 0.5) is 10.1 Å². The molecule has 0 unspecified atom stereocenters. The van der Waals surface area contributed by atoms with Crippen LogP contribution in [0.2, 0.25) is 0 Å². The van der Waals surface area contributed by atoms with Crippen molar-refractivity contribution in [3.8, 4) is 0 Å². The summed E-state index contributed by atoms with van der Waals surface area (Å²) in [5, 5.41) is 0. The summed E-state index contributed by atoms with van der Waals surface area (Å²) in [6, 6.07) is 14.3. The van der Waals surface area contributed by atoms with Gasteiger partial charge in [0.25, 0.3) is 0 Å². The van der Waals surface area contributed by atoms with Gasteiger partial charge < -0.3 is 5.73 Å². The number of para-hydroxylation sites is 1. The highest BCUT2D eigenvalue weighted by atomic mass is 32.2. The van der Waals surface area contributed by atoms with Gasteiger partial charge in [-0.25, -0.2) is 4.39 Å². The van der Waals surface area contributed by atoms with Crippen LogP contribution in [0.1, 0.15) is 31.2 Å². The molecule has 0 saturated heterocycles. The molecule has 0 spiro atoms. The van der Waals surface area contributed by atoms with Gasteiger partial charge in [-0.05, 0) is 42.4 Å². The zero-order chi connectivity index (χ0) is 16.5. The van der Waals surface area contributed by atoms with Gasteiger partial charge in [0.05, 0.1) is 0 Å². The van der Waals surface area contributed by atoms with Crippen molar-refractivity contribution in [2.75, 3.05) is 11.5 Å². The second-order valence-corrected chi connectivity index (χ2v) is 6.64. The predicted molar refractivity (Wildman–Crippen MR) is 95.2 cm³/mol. The first-order valence-electron chi connectivity index (χ1n) is 7.89. The molecule has 2 nitrogen and oxygen atoms in total. The van der Waals surface area contributed by atoms with Crippen molar-refractivity contribution < 1.29 is 9.18 Å². The molecule has 0 aliphatic heterocycles. The number of hydrogen-bond donors (Lipinski definition) is 1. The quantitative estimate of drug-likeness (QED) is 0.405. The minimum absolute atomic E-state index is 0.159. The van der Waals surface area contributed by atoms with Crippen molar-refractivity contribution in [1.82, 2.24) is 0 Å². The van der Waals surface area contributed by atoms with Crippen LogP contribution in [0.3, 0.4) is 0 Å². The molecule has 2 aromatic rings. The maximum atomic E-state index is 13.4. The fraction of sp³-hybridized carbons (Fsp3) is 0.316. The summed E-state index contributed by atoms with van der Waals surface area (Å²) in [7, 11) is 0. The van der Waals surface area contributed by atoms with Crippen molar-refractivity contribution in [2.45, 2.75) is 37.0 Å². The summed E-state index contributed by atoms with van der Waals surface area (Å²) in [6.45, 7) is 0. The average Bonchev–Trinajstić information content (AvgIpc) is 2.54.